The van der Waals surface area contributed by atoms with Crippen molar-refractivity contribution in [2.45, 2.75) is 45.2 Å². The van der Waals surface area contributed by atoms with Crippen LogP contribution in [-0.2, 0) is 4.79 Å². The van der Waals surface area contributed by atoms with E-state index in [9.17, 15) is 9.59 Å². The standard InChI is InChI=1S/C15H27N3O3/c1-11-8-18(9-12(2)16(11)3)15(21)17-7-6-13(10-17)4-5-14(19)20/h11-13H,4-10H2,1-3H3,(H,19,20). The Morgan fingerprint density at radius 3 is 2.29 bits per heavy atom. The molecule has 0 saturated carbocycles. The summed E-state index contributed by atoms with van der Waals surface area (Å²) in [5.41, 5.74) is 0. The van der Waals surface area contributed by atoms with E-state index in [0.717, 1.165) is 26.1 Å². The molecule has 120 valence electrons. The smallest absolute Gasteiger partial charge is 0.320 e. The number of rotatable bonds is 3. The van der Waals surface area contributed by atoms with Crippen LogP contribution < -0.4 is 0 Å². The van der Waals surface area contributed by atoms with Crippen LogP contribution in [0.2, 0.25) is 0 Å². The number of aliphatic carboxylic acids is 1. The van der Waals surface area contributed by atoms with Gasteiger partial charge in [0.05, 0.1) is 0 Å². The predicted molar refractivity (Wildman–Crippen MR) is 80.2 cm³/mol. The minimum atomic E-state index is -0.749. The number of likely N-dealkylation sites (N-methyl/N-ethyl adjacent to an activating group) is 1. The van der Waals surface area contributed by atoms with Crippen molar-refractivity contribution >= 4 is 12.0 Å². The maximum atomic E-state index is 12.6. The largest absolute Gasteiger partial charge is 0.481 e. The molecule has 0 aromatic rings. The number of hydrogen-bond donors (Lipinski definition) is 1. The van der Waals surface area contributed by atoms with E-state index in [4.69, 9.17) is 5.11 Å². The number of amides is 2. The second-order valence-electron chi connectivity index (χ2n) is 6.58. The monoisotopic (exact) mass is 297 g/mol. The molecule has 0 aromatic heterocycles. The van der Waals surface area contributed by atoms with Gasteiger partial charge < -0.3 is 14.9 Å². The van der Waals surface area contributed by atoms with Gasteiger partial charge in [0.2, 0.25) is 0 Å². The number of carboxylic acid groups (broad SMARTS) is 1. The summed E-state index contributed by atoms with van der Waals surface area (Å²) in [6.07, 6.45) is 1.81. The van der Waals surface area contributed by atoms with E-state index < -0.39 is 5.97 Å². The van der Waals surface area contributed by atoms with E-state index in [1.54, 1.807) is 0 Å². The highest BCUT2D eigenvalue weighted by Gasteiger charge is 2.34. The first kappa shape index (κ1) is 16.1. The van der Waals surface area contributed by atoms with E-state index in [-0.39, 0.29) is 12.5 Å². The van der Waals surface area contributed by atoms with Crippen molar-refractivity contribution in [3.8, 4) is 0 Å². The van der Waals surface area contributed by atoms with Crippen molar-refractivity contribution < 1.29 is 14.7 Å². The van der Waals surface area contributed by atoms with E-state index in [1.807, 2.05) is 9.80 Å². The van der Waals surface area contributed by atoms with Gasteiger partial charge >= 0.3 is 12.0 Å². The zero-order valence-corrected chi connectivity index (χ0v) is 13.3. The van der Waals surface area contributed by atoms with E-state index >= 15 is 0 Å². The molecule has 2 amide bonds. The van der Waals surface area contributed by atoms with Gasteiger partial charge in [0.1, 0.15) is 0 Å². The molecule has 0 aromatic carbocycles. The number of hydrogen-bond acceptors (Lipinski definition) is 3. The van der Waals surface area contributed by atoms with Gasteiger partial charge in [0.25, 0.3) is 0 Å². The molecule has 2 aliphatic rings. The Balaban J connectivity index is 1.85. The summed E-state index contributed by atoms with van der Waals surface area (Å²) in [4.78, 5) is 29.4. The fourth-order valence-electron chi connectivity index (χ4n) is 3.33. The molecule has 2 saturated heterocycles. The molecule has 0 aliphatic carbocycles. The summed E-state index contributed by atoms with van der Waals surface area (Å²) in [7, 11) is 2.11. The van der Waals surface area contributed by atoms with Gasteiger partial charge in [0.15, 0.2) is 0 Å². The van der Waals surface area contributed by atoms with Gasteiger partial charge in [-0.25, -0.2) is 4.79 Å². The molecule has 0 bridgehead atoms. The molecule has 3 atom stereocenters. The van der Waals surface area contributed by atoms with Gasteiger partial charge in [-0.3, -0.25) is 9.69 Å². The van der Waals surface area contributed by atoms with Crippen LogP contribution in [0.5, 0.6) is 0 Å². The average molecular weight is 297 g/mol. The number of carbonyl (C=O) groups is 2. The quantitative estimate of drug-likeness (QED) is 0.853. The Bertz CT molecular complexity index is 390. The van der Waals surface area contributed by atoms with Crippen molar-refractivity contribution in [2.24, 2.45) is 5.92 Å². The van der Waals surface area contributed by atoms with Crippen molar-refractivity contribution in [1.82, 2.24) is 14.7 Å². The van der Waals surface area contributed by atoms with Crippen LogP contribution in [-0.4, -0.2) is 77.1 Å². The number of carboxylic acids is 1. The molecule has 1 N–H and O–H groups in total. The number of nitrogens with zero attached hydrogens (tertiary/aromatic N) is 3. The van der Waals surface area contributed by atoms with Crippen LogP contribution in [0, 0.1) is 5.92 Å². The number of likely N-dealkylation sites (tertiary alicyclic amines) is 1. The zero-order chi connectivity index (χ0) is 15.6. The highest BCUT2D eigenvalue weighted by Crippen LogP contribution is 2.23. The zero-order valence-electron chi connectivity index (χ0n) is 13.3. The fraction of sp³-hybridized carbons (Fsp3) is 0.867. The normalized spacial score (nSPS) is 30.7. The first-order valence-corrected chi connectivity index (χ1v) is 7.86. The Hall–Kier alpha value is -1.30. The second kappa shape index (κ2) is 6.64. The molecule has 0 spiro atoms. The Labute approximate surface area is 126 Å². The first-order chi connectivity index (χ1) is 9.88. The third-order valence-corrected chi connectivity index (χ3v) is 4.95. The van der Waals surface area contributed by atoms with Gasteiger partial charge in [-0.2, -0.15) is 0 Å². The first-order valence-electron chi connectivity index (χ1n) is 7.86. The SMILES string of the molecule is CC1CN(C(=O)N2CCC(CCC(=O)O)C2)CC(C)N1C. The van der Waals surface area contributed by atoms with Crippen molar-refractivity contribution in [2.75, 3.05) is 33.2 Å². The number of urea groups is 1. The second-order valence-corrected chi connectivity index (χ2v) is 6.58. The van der Waals surface area contributed by atoms with E-state index in [1.165, 1.54) is 0 Å². The van der Waals surface area contributed by atoms with E-state index in [0.29, 0.717) is 31.0 Å². The minimum Gasteiger partial charge on any atom is -0.481 e. The molecule has 0 radical (unpaired) electrons. The van der Waals surface area contributed by atoms with Crippen LogP contribution in [0.15, 0.2) is 0 Å². The topological polar surface area (TPSA) is 64.1 Å². The number of piperazine rings is 1. The van der Waals surface area contributed by atoms with Gasteiger partial charge in [-0.1, -0.05) is 0 Å². The molecule has 3 unspecified atom stereocenters. The van der Waals surface area contributed by atoms with Gasteiger partial charge in [-0.05, 0) is 39.7 Å². The van der Waals surface area contributed by atoms with Crippen molar-refractivity contribution in [1.29, 1.82) is 0 Å². The summed E-state index contributed by atoms with van der Waals surface area (Å²) in [6, 6.07) is 0.880. The molecule has 6 nitrogen and oxygen atoms in total. The van der Waals surface area contributed by atoms with Crippen LogP contribution in [0.1, 0.15) is 33.1 Å². The van der Waals surface area contributed by atoms with Crippen molar-refractivity contribution in [3.05, 3.63) is 0 Å². The highest BCUT2D eigenvalue weighted by atomic mass is 16.4. The lowest BCUT2D eigenvalue weighted by atomic mass is 10.0. The third kappa shape index (κ3) is 3.87. The summed E-state index contributed by atoms with van der Waals surface area (Å²) >= 11 is 0. The molecular formula is C15H27N3O3. The molecule has 2 heterocycles. The lowest BCUT2D eigenvalue weighted by Crippen LogP contribution is -2.58. The van der Waals surface area contributed by atoms with E-state index in [2.05, 4.69) is 25.8 Å². The molecule has 2 rings (SSSR count). The summed E-state index contributed by atoms with van der Waals surface area (Å²) < 4.78 is 0. The third-order valence-electron chi connectivity index (χ3n) is 4.95. The van der Waals surface area contributed by atoms with Crippen molar-refractivity contribution in [3.63, 3.8) is 0 Å². The van der Waals surface area contributed by atoms with Gasteiger partial charge in [0, 0.05) is 44.7 Å². The summed E-state index contributed by atoms with van der Waals surface area (Å²) in [6.45, 7) is 7.32. The predicted octanol–water partition coefficient (Wildman–Crippen LogP) is 1.32. The fourth-order valence-corrected chi connectivity index (χ4v) is 3.33. The van der Waals surface area contributed by atoms with Gasteiger partial charge in [-0.15, -0.1) is 0 Å². The highest BCUT2D eigenvalue weighted by molar-refractivity contribution is 5.75. The van der Waals surface area contributed by atoms with Crippen LogP contribution in [0.25, 0.3) is 0 Å². The van der Waals surface area contributed by atoms with Crippen LogP contribution in [0.3, 0.4) is 0 Å². The molecule has 6 heteroatoms. The summed E-state index contributed by atoms with van der Waals surface area (Å²) in [5, 5.41) is 8.74. The Morgan fingerprint density at radius 1 is 1.10 bits per heavy atom. The average Bonchev–Trinajstić information content (AvgIpc) is 2.90. The maximum Gasteiger partial charge on any atom is 0.320 e. The molecule has 2 aliphatic heterocycles. The van der Waals surface area contributed by atoms with Crippen LogP contribution >= 0.6 is 0 Å². The molecule has 2 fully saturated rings. The molecule has 21 heavy (non-hydrogen) atoms. The summed E-state index contributed by atoms with van der Waals surface area (Å²) in [5.74, 6) is -0.408. The lowest BCUT2D eigenvalue weighted by molar-refractivity contribution is -0.137. The van der Waals surface area contributed by atoms with Crippen LogP contribution in [0.4, 0.5) is 4.79 Å². The Morgan fingerprint density at radius 2 is 1.71 bits per heavy atom. The Kier molecular flexibility index (Phi) is 5.08. The molecular weight excluding hydrogens is 270 g/mol. The number of carbonyl (C=O) groups excluding carboxylic acids is 1. The minimum absolute atomic E-state index is 0.125. The lowest BCUT2D eigenvalue weighted by Gasteiger charge is -2.43. The maximum absolute atomic E-state index is 12.6.